The highest BCUT2D eigenvalue weighted by Gasteiger charge is 2.34. The molecule has 1 unspecified atom stereocenters. The lowest BCUT2D eigenvalue weighted by Gasteiger charge is -2.36. The fourth-order valence-electron chi connectivity index (χ4n) is 4.40. The molecule has 0 spiro atoms. The second kappa shape index (κ2) is 7.96. The summed E-state index contributed by atoms with van der Waals surface area (Å²) in [5.41, 5.74) is 5.80. The van der Waals surface area contributed by atoms with Crippen LogP contribution >= 0.6 is 11.6 Å². The Hall–Kier alpha value is -2.33. The summed E-state index contributed by atoms with van der Waals surface area (Å²) in [5.74, 6) is 0.611. The van der Waals surface area contributed by atoms with Crippen LogP contribution in [0.5, 0.6) is 0 Å². The number of aryl methyl sites for hydroxylation is 1. The lowest BCUT2D eigenvalue weighted by molar-refractivity contribution is 0.0900. The number of aromatic nitrogens is 1. The van der Waals surface area contributed by atoms with Crippen LogP contribution in [-0.4, -0.2) is 35.7 Å². The molecule has 28 heavy (non-hydrogen) atoms. The smallest absolute Gasteiger partial charge is 0.409 e. The summed E-state index contributed by atoms with van der Waals surface area (Å²) in [5, 5.41) is 0.790. The zero-order chi connectivity index (χ0) is 19.7. The number of nitrogens with zero attached hydrogens (tertiary/aromatic N) is 2. The van der Waals surface area contributed by atoms with Gasteiger partial charge in [-0.2, -0.15) is 0 Å². The Labute approximate surface area is 171 Å². The van der Waals surface area contributed by atoms with Crippen molar-refractivity contribution in [3.63, 3.8) is 0 Å². The highest BCUT2D eigenvalue weighted by Crippen LogP contribution is 2.43. The molecule has 2 aromatic rings. The number of pyridine rings is 1. The Morgan fingerprint density at radius 1 is 1.25 bits per heavy atom. The molecule has 0 saturated carbocycles. The summed E-state index contributed by atoms with van der Waals surface area (Å²) in [4.78, 5) is 18.7. The first kappa shape index (κ1) is 19.0. The van der Waals surface area contributed by atoms with Crippen molar-refractivity contribution in [2.45, 2.75) is 32.6 Å². The van der Waals surface area contributed by atoms with Gasteiger partial charge < -0.3 is 9.64 Å². The average molecular weight is 397 g/mol. The third kappa shape index (κ3) is 3.53. The van der Waals surface area contributed by atoms with Gasteiger partial charge in [0.25, 0.3) is 0 Å². The highest BCUT2D eigenvalue weighted by molar-refractivity contribution is 6.31. The Morgan fingerprint density at radius 2 is 2.00 bits per heavy atom. The van der Waals surface area contributed by atoms with Crippen molar-refractivity contribution in [1.29, 1.82) is 0 Å². The molecule has 4 nitrogen and oxygen atoms in total. The molecule has 4 rings (SSSR count). The van der Waals surface area contributed by atoms with Crippen molar-refractivity contribution in [2.24, 2.45) is 5.92 Å². The van der Waals surface area contributed by atoms with Crippen LogP contribution in [-0.2, 0) is 4.74 Å². The summed E-state index contributed by atoms with van der Waals surface area (Å²) in [7, 11) is 0. The number of likely N-dealkylation sites (tertiary alicyclic amines) is 1. The van der Waals surface area contributed by atoms with Gasteiger partial charge in [-0.05, 0) is 67.0 Å². The number of hydrogen-bond donors (Lipinski definition) is 0. The quantitative estimate of drug-likeness (QED) is 0.670. The van der Waals surface area contributed by atoms with E-state index in [1.807, 2.05) is 24.1 Å². The predicted molar refractivity (Wildman–Crippen MR) is 113 cm³/mol. The first-order valence-electron chi connectivity index (χ1n) is 9.93. The fraction of sp³-hybridized carbons (Fsp3) is 0.391. The minimum absolute atomic E-state index is 0.196. The number of carbonyl (C=O) groups excluding carboxylic acids is 1. The van der Waals surface area contributed by atoms with Crippen LogP contribution < -0.4 is 0 Å². The number of carbonyl (C=O) groups is 1. The molecule has 1 amide bonds. The average Bonchev–Trinajstić information content (AvgIpc) is 2.86. The topological polar surface area (TPSA) is 42.4 Å². The van der Waals surface area contributed by atoms with Crippen molar-refractivity contribution in [3.05, 3.63) is 63.4 Å². The summed E-state index contributed by atoms with van der Waals surface area (Å²) in [6.07, 6.45) is 7.82. The lowest BCUT2D eigenvalue weighted by atomic mass is 9.76. The molecular weight excluding hydrogens is 372 g/mol. The van der Waals surface area contributed by atoms with Crippen LogP contribution in [0.3, 0.4) is 0 Å². The predicted octanol–water partition coefficient (Wildman–Crippen LogP) is 5.53. The van der Waals surface area contributed by atoms with Gasteiger partial charge in [-0.15, -0.1) is 0 Å². The molecule has 146 valence electrons. The molecule has 1 saturated heterocycles. The summed E-state index contributed by atoms with van der Waals surface area (Å²) in [6, 6.07) is 8.39. The standard InChI is InChI=1S/C23H25ClN2O2/c1-3-28-23(27)26-11-8-16(9-12-26)21-19-13-15(2)20(24)14-18(19)7-6-17-5-4-10-25-22(17)21/h4-7,10,13-14,16,21H,3,8-9,11-12H2,1-2H3. The van der Waals surface area contributed by atoms with E-state index < -0.39 is 0 Å². The maximum absolute atomic E-state index is 12.1. The summed E-state index contributed by atoms with van der Waals surface area (Å²) in [6.45, 7) is 5.75. The van der Waals surface area contributed by atoms with Crippen LogP contribution in [0.15, 0.2) is 30.5 Å². The minimum atomic E-state index is -0.204. The van der Waals surface area contributed by atoms with Crippen molar-refractivity contribution in [3.8, 4) is 0 Å². The van der Waals surface area contributed by atoms with E-state index in [-0.39, 0.29) is 12.0 Å². The molecule has 0 radical (unpaired) electrons. The van der Waals surface area contributed by atoms with Crippen LogP contribution in [0.1, 0.15) is 53.6 Å². The fourth-order valence-corrected chi connectivity index (χ4v) is 4.57. The second-order valence-corrected chi connectivity index (χ2v) is 7.95. The van der Waals surface area contributed by atoms with Gasteiger partial charge in [0.1, 0.15) is 0 Å². The number of piperidine rings is 1. The Balaban J connectivity index is 1.70. The number of hydrogen-bond acceptors (Lipinski definition) is 3. The summed E-state index contributed by atoms with van der Waals surface area (Å²) < 4.78 is 5.17. The lowest BCUT2D eigenvalue weighted by Crippen LogP contribution is -2.40. The van der Waals surface area contributed by atoms with Gasteiger partial charge >= 0.3 is 6.09 Å². The SMILES string of the molecule is CCOC(=O)N1CCC(C2c3cc(C)c(Cl)cc3C=Cc3cccnc32)CC1. The molecule has 2 heterocycles. The van der Waals surface area contributed by atoms with Crippen LogP contribution in [0, 0.1) is 12.8 Å². The molecule has 0 bridgehead atoms. The third-order valence-electron chi connectivity index (χ3n) is 5.84. The first-order valence-corrected chi connectivity index (χ1v) is 10.3. The van der Waals surface area contributed by atoms with Gasteiger partial charge in [0.15, 0.2) is 0 Å². The van der Waals surface area contributed by atoms with E-state index in [9.17, 15) is 4.79 Å². The largest absolute Gasteiger partial charge is 0.450 e. The number of halogens is 1. The van der Waals surface area contributed by atoms with Crippen LogP contribution in [0.4, 0.5) is 4.79 Å². The molecule has 1 aliphatic heterocycles. The highest BCUT2D eigenvalue weighted by atomic mass is 35.5. The van der Waals surface area contributed by atoms with E-state index in [0.717, 1.165) is 53.3 Å². The van der Waals surface area contributed by atoms with Crippen molar-refractivity contribution < 1.29 is 9.53 Å². The van der Waals surface area contributed by atoms with Crippen molar-refractivity contribution in [2.75, 3.05) is 19.7 Å². The maximum Gasteiger partial charge on any atom is 0.409 e. The Bertz CT molecular complexity index is 917. The zero-order valence-corrected chi connectivity index (χ0v) is 17.1. The first-order chi connectivity index (χ1) is 13.6. The van der Waals surface area contributed by atoms with Gasteiger partial charge in [0.2, 0.25) is 0 Å². The van der Waals surface area contributed by atoms with Crippen LogP contribution in [0.25, 0.3) is 12.2 Å². The van der Waals surface area contributed by atoms with Gasteiger partial charge in [0, 0.05) is 30.2 Å². The molecule has 1 fully saturated rings. The van der Waals surface area contributed by atoms with E-state index in [1.165, 1.54) is 5.56 Å². The van der Waals surface area contributed by atoms with Gasteiger partial charge in [0.05, 0.1) is 12.3 Å². The molecule has 1 atom stereocenters. The van der Waals surface area contributed by atoms with Crippen molar-refractivity contribution >= 4 is 29.8 Å². The number of fused-ring (bicyclic) bond motifs is 2. The van der Waals surface area contributed by atoms with Crippen LogP contribution in [0.2, 0.25) is 5.02 Å². The number of rotatable bonds is 2. The second-order valence-electron chi connectivity index (χ2n) is 7.54. The van der Waals surface area contributed by atoms with Gasteiger partial charge in [-0.1, -0.05) is 35.9 Å². The van der Waals surface area contributed by atoms with Gasteiger partial charge in [-0.25, -0.2) is 4.79 Å². The monoisotopic (exact) mass is 396 g/mol. The normalized spacial score (nSPS) is 19.0. The summed E-state index contributed by atoms with van der Waals surface area (Å²) >= 11 is 6.42. The molecule has 0 N–H and O–H groups in total. The third-order valence-corrected chi connectivity index (χ3v) is 6.25. The molecular formula is C23H25ClN2O2. The zero-order valence-electron chi connectivity index (χ0n) is 16.3. The van der Waals surface area contributed by atoms with Gasteiger partial charge in [-0.3, -0.25) is 4.98 Å². The van der Waals surface area contributed by atoms with E-state index in [1.54, 1.807) is 0 Å². The molecule has 1 aliphatic carbocycles. The van der Waals surface area contributed by atoms with E-state index in [0.29, 0.717) is 12.5 Å². The molecule has 2 aliphatic rings. The minimum Gasteiger partial charge on any atom is -0.450 e. The van der Waals surface area contributed by atoms with E-state index in [2.05, 4.69) is 37.3 Å². The number of ether oxygens (including phenoxy) is 1. The number of benzene rings is 1. The Morgan fingerprint density at radius 3 is 2.75 bits per heavy atom. The molecule has 1 aromatic carbocycles. The van der Waals surface area contributed by atoms with Crippen molar-refractivity contribution in [1.82, 2.24) is 9.88 Å². The number of amides is 1. The maximum atomic E-state index is 12.1. The molecule has 5 heteroatoms. The molecule has 1 aromatic heterocycles. The Kier molecular flexibility index (Phi) is 5.40. The van der Waals surface area contributed by atoms with E-state index >= 15 is 0 Å². The van der Waals surface area contributed by atoms with E-state index in [4.69, 9.17) is 21.3 Å².